The van der Waals surface area contributed by atoms with E-state index in [9.17, 15) is 0 Å². The molecule has 0 aromatic heterocycles. The Balaban J connectivity index is 1.69. The maximum Gasteiger partial charge on any atom is 0.134 e. The Bertz CT molecular complexity index is 571. The van der Waals surface area contributed by atoms with Crippen molar-refractivity contribution in [3.63, 3.8) is 0 Å². The molecule has 1 saturated carbocycles. The molecular formula is C14H14N2O3. The zero-order chi connectivity index (χ0) is 13.3. The van der Waals surface area contributed by atoms with Gasteiger partial charge in [0.15, 0.2) is 0 Å². The highest BCUT2D eigenvalue weighted by molar-refractivity contribution is 6.05. The van der Waals surface area contributed by atoms with Gasteiger partial charge in [0.1, 0.15) is 23.8 Å². The third-order valence-electron chi connectivity index (χ3n) is 3.71. The van der Waals surface area contributed by atoms with Gasteiger partial charge in [-0.15, -0.1) is 0 Å². The second-order valence-electron chi connectivity index (χ2n) is 5.12. The fourth-order valence-electron chi connectivity index (χ4n) is 2.21. The average Bonchev–Trinajstić information content (AvgIpc) is 3.07. The normalized spacial score (nSPS) is 20.5. The standard InChI is InChI=1S/C14H14N2O3/c15-6-5-14(3-4-14)9-19-10-1-2-11-12(16-17)8-18-13(11)7-10/h1-2,7,17H,3-5,8-9H2. The summed E-state index contributed by atoms with van der Waals surface area (Å²) in [6.07, 6.45) is 2.67. The highest BCUT2D eigenvalue weighted by Crippen LogP contribution is 2.48. The van der Waals surface area contributed by atoms with Crippen LogP contribution in [0.25, 0.3) is 0 Å². The number of benzene rings is 1. The molecule has 3 rings (SSSR count). The number of nitriles is 1. The van der Waals surface area contributed by atoms with E-state index >= 15 is 0 Å². The van der Waals surface area contributed by atoms with Gasteiger partial charge in [-0.2, -0.15) is 5.26 Å². The van der Waals surface area contributed by atoms with Crippen molar-refractivity contribution in [3.05, 3.63) is 23.8 Å². The lowest BCUT2D eigenvalue weighted by Gasteiger charge is -2.13. The summed E-state index contributed by atoms with van der Waals surface area (Å²) in [4.78, 5) is 0. The van der Waals surface area contributed by atoms with Crippen LogP contribution < -0.4 is 9.47 Å². The third-order valence-corrected chi connectivity index (χ3v) is 3.71. The van der Waals surface area contributed by atoms with E-state index in [-0.39, 0.29) is 12.0 Å². The topological polar surface area (TPSA) is 74.8 Å². The first kappa shape index (κ1) is 11.8. The molecule has 1 aliphatic carbocycles. The largest absolute Gasteiger partial charge is 0.493 e. The maximum atomic E-state index is 8.81. The Labute approximate surface area is 111 Å². The minimum atomic E-state index is 0.0618. The summed E-state index contributed by atoms with van der Waals surface area (Å²) in [7, 11) is 0. The van der Waals surface area contributed by atoms with Gasteiger partial charge in [-0.3, -0.25) is 0 Å². The van der Waals surface area contributed by atoms with Crippen LogP contribution in [0.2, 0.25) is 0 Å². The average molecular weight is 258 g/mol. The van der Waals surface area contributed by atoms with Crippen LogP contribution in [0.1, 0.15) is 24.8 Å². The van der Waals surface area contributed by atoms with Crippen molar-refractivity contribution in [1.29, 1.82) is 5.26 Å². The fourth-order valence-corrected chi connectivity index (χ4v) is 2.21. The minimum absolute atomic E-state index is 0.0618. The molecule has 0 amide bonds. The molecule has 1 aromatic rings. The van der Waals surface area contributed by atoms with Crippen molar-refractivity contribution in [2.75, 3.05) is 13.2 Å². The lowest BCUT2D eigenvalue weighted by Crippen LogP contribution is -2.12. The monoisotopic (exact) mass is 258 g/mol. The van der Waals surface area contributed by atoms with E-state index in [1.54, 1.807) is 6.07 Å². The van der Waals surface area contributed by atoms with Crippen molar-refractivity contribution in [3.8, 4) is 17.6 Å². The van der Waals surface area contributed by atoms with Crippen LogP contribution >= 0.6 is 0 Å². The molecule has 0 bridgehead atoms. The van der Waals surface area contributed by atoms with Crippen LogP contribution in [-0.4, -0.2) is 24.1 Å². The van der Waals surface area contributed by atoms with Gasteiger partial charge in [0.2, 0.25) is 0 Å². The highest BCUT2D eigenvalue weighted by atomic mass is 16.5. The van der Waals surface area contributed by atoms with Gasteiger partial charge in [-0.05, 0) is 25.0 Å². The molecule has 98 valence electrons. The molecule has 0 saturated heterocycles. The predicted molar refractivity (Wildman–Crippen MR) is 67.7 cm³/mol. The number of rotatable bonds is 4. The van der Waals surface area contributed by atoms with E-state index in [4.69, 9.17) is 19.9 Å². The van der Waals surface area contributed by atoms with Crippen LogP contribution in [0, 0.1) is 16.7 Å². The Morgan fingerprint density at radius 1 is 1.47 bits per heavy atom. The maximum absolute atomic E-state index is 8.81. The molecule has 0 unspecified atom stereocenters. The summed E-state index contributed by atoms with van der Waals surface area (Å²) < 4.78 is 11.2. The number of oxime groups is 1. The zero-order valence-electron chi connectivity index (χ0n) is 10.4. The van der Waals surface area contributed by atoms with Crippen LogP contribution in [0.15, 0.2) is 23.4 Å². The predicted octanol–water partition coefficient (Wildman–Crippen LogP) is 2.33. The Hall–Kier alpha value is -2.22. The van der Waals surface area contributed by atoms with Crippen molar-refractivity contribution in [2.45, 2.75) is 19.3 Å². The number of hydrogen-bond donors (Lipinski definition) is 1. The first-order valence-electron chi connectivity index (χ1n) is 6.24. The van der Waals surface area contributed by atoms with Crippen molar-refractivity contribution in [2.24, 2.45) is 10.6 Å². The minimum Gasteiger partial charge on any atom is -0.493 e. The highest BCUT2D eigenvalue weighted by Gasteiger charge is 2.43. The Morgan fingerprint density at radius 2 is 2.32 bits per heavy atom. The van der Waals surface area contributed by atoms with Crippen LogP contribution in [0.4, 0.5) is 0 Å². The van der Waals surface area contributed by atoms with E-state index in [0.29, 0.717) is 24.5 Å². The van der Waals surface area contributed by atoms with E-state index in [1.807, 2.05) is 12.1 Å². The smallest absolute Gasteiger partial charge is 0.134 e. The van der Waals surface area contributed by atoms with Gasteiger partial charge in [0.05, 0.1) is 12.7 Å². The third kappa shape index (κ3) is 2.22. The molecular weight excluding hydrogens is 244 g/mol. The molecule has 0 spiro atoms. The SMILES string of the molecule is N#CCC1(COc2ccc3c(c2)OCC3=NO)CC1. The summed E-state index contributed by atoms with van der Waals surface area (Å²) in [6, 6.07) is 7.68. The summed E-state index contributed by atoms with van der Waals surface area (Å²) in [5, 5.41) is 20.8. The second-order valence-corrected chi connectivity index (χ2v) is 5.12. The molecule has 19 heavy (non-hydrogen) atoms. The summed E-state index contributed by atoms with van der Waals surface area (Å²) in [6.45, 7) is 0.855. The van der Waals surface area contributed by atoms with Gasteiger partial charge in [0.25, 0.3) is 0 Å². The van der Waals surface area contributed by atoms with E-state index < -0.39 is 0 Å². The quantitative estimate of drug-likeness (QED) is 0.664. The molecule has 1 fully saturated rings. The molecule has 1 aliphatic heterocycles. The van der Waals surface area contributed by atoms with Gasteiger partial charge in [-0.25, -0.2) is 0 Å². The number of fused-ring (bicyclic) bond motifs is 1. The van der Waals surface area contributed by atoms with Crippen LogP contribution in [0.3, 0.4) is 0 Å². The zero-order valence-corrected chi connectivity index (χ0v) is 10.4. The molecule has 0 radical (unpaired) electrons. The second kappa shape index (κ2) is 4.47. The molecule has 0 atom stereocenters. The van der Waals surface area contributed by atoms with E-state index in [2.05, 4.69) is 11.2 Å². The molecule has 5 heteroatoms. The molecule has 2 aliphatic rings. The van der Waals surface area contributed by atoms with E-state index in [0.717, 1.165) is 24.2 Å². The summed E-state index contributed by atoms with van der Waals surface area (Å²) in [5.41, 5.74) is 1.39. The van der Waals surface area contributed by atoms with Crippen molar-refractivity contribution < 1.29 is 14.7 Å². The number of nitrogens with zero attached hydrogens (tertiary/aromatic N) is 2. The van der Waals surface area contributed by atoms with E-state index in [1.165, 1.54) is 0 Å². The fraction of sp³-hybridized carbons (Fsp3) is 0.429. The van der Waals surface area contributed by atoms with Crippen LogP contribution in [0.5, 0.6) is 11.5 Å². The first-order chi connectivity index (χ1) is 9.26. The van der Waals surface area contributed by atoms with Crippen LogP contribution in [-0.2, 0) is 0 Å². The van der Waals surface area contributed by atoms with Gasteiger partial charge in [0, 0.05) is 23.5 Å². The molecule has 1 aromatic carbocycles. The lowest BCUT2D eigenvalue weighted by molar-refractivity contribution is 0.236. The summed E-state index contributed by atoms with van der Waals surface area (Å²) in [5.74, 6) is 1.40. The molecule has 1 heterocycles. The number of hydrogen-bond acceptors (Lipinski definition) is 5. The first-order valence-corrected chi connectivity index (χ1v) is 6.24. The number of ether oxygens (including phenoxy) is 2. The summed E-state index contributed by atoms with van der Waals surface area (Å²) >= 11 is 0. The molecule has 1 N–H and O–H groups in total. The van der Waals surface area contributed by atoms with Crippen molar-refractivity contribution in [1.82, 2.24) is 0 Å². The van der Waals surface area contributed by atoms with Gasteiger partial charge < -0.3 is 14.7 Å². The van der Waals surface area contributed by atoms with Gasteiger partial charge in [-0.1, -0.05) is 5.16 Å². The molecule has 5 nitrogen and oxygen atoms in total. The lowest BCUT2D eigenvalue weighted by atomic mass is 10.1. The van der Waals surface area contributed by atoms with Gasteiger partial charge >= 0.3 is 0 Å². The Morgan fingerprint density at radius 3 is 3.00 bits per heavy atom. The van der Waals surface area contributed by atoms with Crippen molar-refractivity contribution >= 4 is 5.71 Å². The Kier molecular flexibility index (Phi) is 2.79.